The summed E-state index contributed by atoms with van der Waals surface area (Å²) in [5.41, 5.74) is 23.8. The molecule has 0 saturated carbocycles. The minimum atomic E-state index is -2.49. The fraction of sp³-hybridized carbons (Fsp3) is 0.426. The quantitative estimate of drug-likeness (QED) is 0.00747. The van der Waals surface area contributed by atoms with Gasteiger partial charge in [-0.2, -0.15) is 0 Å². The molecule has 15 atom stereocenters. The predicted molar refractivity (Wildman–Crippen MR) is 316 cm³/mol. The zero-order valence-electron chi connectivity index (χ0n) is 48.2. The van der Waals surface area contributed by atoms with E-state index in [1.54, 1.807) is 91.0 Å². The van der Waals surface area contributed by atoms with Crippen molar-refractivity contribution in [1.29, 1.82) is 5.41 Å². The number of nitrogens with zero attached hydrogens (tertiary/aromatic N) is 6. The Morgan fingerprint density at radius 2 is 0.854 bits per heavy atom. The van der Waals surface area contributed by atoms with Gasteiger partial charge in [0.05, 0.1) is 26.4 Å². The van der Waals surface area contributed by atoms with Gasteiger partial charge in [0, 0.05) is 30.6 Å². The Morgan fingerprint density at radius 1 is 0.461 bits per heavy atom. The first-order valence-electron chi connectivity index (χ1n) is 27.9. The van der Waals surface area contributed by atoms with Crippen molar-refractivity contribution in [3.05, 3.63) is 200 Å². The second kappa shape index (κ2) is 33.4. The zero-order valence-corrected chi connectivity index (χ0v) is 50.5. The number of carbonyl (C=O) groups is 4. The summed E-state index contributed by atoms with van der Waals surface area (Å²) in [4.78, 5) is 60.0. The lowest BCUT2D eigenvalue weighted by Gasteiger charge is -2.50. The number of carbonyl (C=O) groups excluding carboxylic acids is 4. The van der Waals surface area contributed by atoms with Gasteiger partial charge >= 0.3 is 23.9 Å². The number of esters is 4. The number of hydrogen-bond donors (Lipinski definition) is 1. The van der Waals surface area contributed by atoms with Crippen molar-refractivity contribution in [3.8, 4) is 0 Å². The van der Waals surface area contributed by atoms with Gasteiger partial charge in [0.1, 0.15) is 86.8 Å². The highest BCUT2D eigenvalue weighted by molar-refractivity contribution is 6.76. The van der Waals surface area contributed by atoms with Crippen LogP contribution < -0.4 is 0 Å². The molecule has 0 aliphatic carbocycles. The molecule has 0 amide bonds. The Hall–Kier alpha value is -7.42. The van der Waals surface area contributed by atoms with Crippen molar-refractivity contribution >= 4 is 64.6 Å². The Bertz CT molecular complexity index is 3190. The largest absolute Gasteiger partial charge is 0.463 e. The normalized spacial score (nSPS) is 26.7. The highest BCUT2D eigenvalue weighted by atomic mass is 35.6. The third-order valence-corrected chi connectivity index (χ3v) is 14.5. The fourth-order valence-corrected chi connectivity index (χ4v) is 10.0. The van der Waals surface area contributed by atoms with E-state index in [0.717, 1.165) is 25.0 Å². The van der Waals surface area contributed by atoms with Gasteiger partial charge in [-0.25, -0.2) is 4.79 Å². The molecule has 5 aromatic rings. The summed E-state index contributed by atoms with van der Waals surface area (Å²) >= 11 is 18.1. The fourth-order valence-electron chi connectivity index (χ4n) is 9.90. The SMILES string of the molecule is CC(=O)OC[C@H]1O[C@H](O[C@H]2[C@H](OCc3ccccc3)[C@@H](OCc3ccccc3)[C@H](O[C@H]3[C@@H](OC(C)=O)[C@@H](N=[N+]=[N-])[C@@H](OC(=N)C(Cl)(Cl)Cl)O[C@@H]3COC(C)=O)O[C@@H]2C(=O)OCc2ccccc2)[C@H](N=[N+]=[N-])[C@@H](OCc2ccccc2)[C@@H]1OCc1ccccc1. The molecule has 0 spiro atoms. The van der Waals surface area contributed by atoms with E-state index in [1.165, 1.54) is 6.92 Å². The molecule has 3 heterocycles. The number of rotatable bonds is 27. The van der Waals surface area contributed by atoms with E-state index < -0.39 is 139 Å². The molecule has 5 aromatic carbocycles. The van der Waals surface area contributed by atoms with Crippen LogP contribution in [0.5, 0.6) is 0 Å². The molecule has 25 nitrogen and oxygen atoms in total. The maximum Gasteiger partial charge on any atom is 0.338 e. The van der Waals surface area contributed by atoms with Crippen LogP contribution in [-0.2, 0) is 119 Å². The lowest BCUT2D eigenvalue weighted by Crippen LogP contribution is -2.68. The molecular formula is C61H64Cl3N7O18. The number of benzene rings is 5. The summed E-state index contributed by atoms with van der Waals surface area (Å²) in [6.07, 6.45) is -21.1. The van der Waals surface area contributed by atoms with Crippen LogP contribution in [0.1, 0.15) is 48.6 Å². The van der Waals surface area contributed by atoms with E-state index in [4.69, 9.17) is 107 Å². The molecule has 0 bridgehead atoms. The average Bonchev–Trinajstić information content (AvgIpc) is 1.61. The molecular weight excluding hydrogens is 1230 g/mol. The smallest absolute Gasteiger partial charge is 0.338 e. The highest BCUT2D eigenvalue weighted by Gasteiger charge is 2.59. The monoisotopic (exact) mass is 1290 g/mol. The maximum atomic E-state index is 15.3. The van der Waals surface area contributed by atoms with Gasteiger partial charge in [-0.15, -0.1) is 0 Å². The van der Waals surface area contributed by atoms with E-state index in [9.17, 15) is 25.4 Å². The molecule has 1 N–H and O–H groups in total. The Morgan fingerprint density at radius 3 is 1.29 bits per heavy atom. The van der Waals surface area contributed by atoms with Gasteiger partial charge in [-0.1, -0.05) is 197 Å². The predicted octanol–water partition coefficient (Wildman–Crippen LogP) is 9.80. The number of hydrogen-bond acceptors (Lipinski definition) is 21. The van der Waals surface area contributed by atoms with Crippen LogP contribution in [0, 0.1) is 5.41 Å². The van der Waals surface area contributed by atoms with E-state index in [1.807, 2.05) is 60.7 Å². The van der Waals surface area contributed by atoms with Crippen molar-refractivity contribution in [1.82, 2.24) is 0 Å². The van der Waals surface area contributed by atoms with Gasteiger partial charge in [0.15, 0.2) is 18.7 Å². The lowest BCUT2D eigenvalue weighted by molar-refractivity contribution is -0.371. The van der Waals surface area contributed by atoms with Crippen LogP contribution in [0.2, 0.25) is 0 Å². The van der Waals surface area contributed by atoms with Crippen LogP contribution in [-0.4, -0.2) is 139 Å². The van der Waals surface area contributed by atoms with Crippen LogP contribution in [0.4, 0.5) is 0 Å². The minimum Gasteiger partial charge on any atom is -0.463 e. The molecule has 0 radical (unpaired) electrons. The second-order valence-electron chi connectivity index (χ2n) is 20.4. The third-order valence-electron chi connectivity index (χ3n) is 14.0. The molecule has 3 saturated heterocycles. The van der Waals surface area contributed by atoms with E-state index in [0.29, 0.717) is 16.7 Å². The molecule has 3 aliphatic heterocycles. The Balaban J connectivity index is 1.29. The van der Waals surface area contributed by atoms with Crippen LogP contribution in [0.3, 0.4) is 0 Å². The molecule has 8 rings (SSSR count). The third kappa shape index (κ3) is 19.5. The molecule has 0 unspecified atom stereocenters. The van der Waals surface area contributed by atoms with E-state index >= 15 is 4.79 Å². The van der Waals surface area contributed by atoms with Gasteiger partial charge < -0.3 is 66.3 Å². The Kier molecular flexibility index (Phi) is 25.3. The number of azide groups is 2. The van der Waals surface area contributed by atoms with Crippen molar-refractivity contribution in [3.63, 3.8) is 0 Å². The maximum absolute atomic E-state index is 15.3. The standard InChI is InChI=1S/C61H64Cl3N7O18/c1-36(72)76-34-44-48(78-29-39-19-9-4-10-20-39)50(79-30-40-21-11-5-12-22-40)46(68-70-66)57(84-44)87-53-52(80-31-41-23-13-6-14-24-41)55(81-32-42-25-15-7-16-26-42)59(88-54(53)56(75)82-33-43-27-17-8-18-28-43)86-49-45(35-77-37(2)73)85-58(89-60(65)61(62,63)64)47(69-71-67)51(49)83-38(3)74/h4-28,44-55,57-59,65H,29-35H2,1-3H3/t44-,45-,46-,47-,48-,49-,50-,51+,52+,53+,54+,55-,57-,58-,59-/m1/s1. The molecule has 3 aliphatic rings. The van der Waals surface area contributed by atoms with Crippen LogP contribution in [0.15, 0.2) is 162 Å². The Labute approximate surface area is 526 Å². The lowest BCUT2D eigenvalue weighted by atomic mass is 9.94. The summed E-state index contributed by atoms with van der Waals surface area (Å²) in [6, 6.07) is 41.5. The van der Waals surface area contributed by atoms with Gasteiger partial charge in [-0.3, -0.25) is 19.8 Å². The average molecular weight is 1290 g/mol. The summed E-state index contributed by atoms with van der Waals surface area (Å²) < 4.78 is 87.1. The molecule has 472 valence electrons. The first-order valence-corrected chi connectivity index (χ1v) is 29.1. The van der Waals surface area contributed by atoms with Crippen molar-refractivity contribution in [2.75, 3.05) is 13.2 Å². The minimum absolute atomic E-state index is 0.00377. The molecule has 0 aromatic heterocycles. The number of nitrogens with one attached hydrogen (secondary N) is 1. The number of alkyl halides is 3. The van der Waals surface area contributed by atoms with Gasteiger partial charge in [0.2, 0.25) is 12.2 Å². The summed E-state index contributed by atoms with van der Waals surface area (Å²) in [6.45, 7) is 1.44. The first-order chi connectivity index (χ1) is 43.0. The summed E-state index contributed by atoms with van der Waals surface area (Å²) in [5, 5.41) is 16.5. The zero-order chi connectivity index (χ0) is 63.3. The van der Waals surface area contributed by atoms with Crippen molar-refractivity contribution < 1.29 is 85.5 Å². The van der Waals surface area contributed by atoms with E-state index in [-0.39, 0.29) is 33.0 Å². The molecule has 28 heteroatoms. The van der Waals surface area contributed by atoms with Gasteiger partial charge in [-0.05, 0) is 38.9 Å². The van der Waals surface area contributed by atoms with Gasteiger partial charge in [0.25, 0.3) is 3.79 Å². The summed E-state index contributed by atoms with van der Waals surface area (Å²) in [7, 11) is 0. The highest BCUT2D eigenvalue weighted by Crippen LogP contribution is 2.40. The first kappa shape index (κ1) is 67.5. The summed E-state index contributed by atoms with van der Waals surface area (Å²) in [5.74, 6) is -4.52. The van der Waals surface area contributed by atoms with Crippen LogP contribution in [0.25, 0.3) is 20.9 Å². The molecule has 89 heavy (non-hydrogen) atoms. The van der Waals surface area contributed by atoms with E-state index in [2.05, 4.69) is 20.1 Å². The van der Waals surface area contributed by atoms with Crippen LogP contribution >= 0.6 is 34.8 Å². The van der Waals surface area contributed by atoms with Crippen molar-refractivity contribution in [2.24, 2.45) is 10.2 Å². The molecule has 3 fully saturated rings. The van der Waals surface area contributed by atoms with Crippen molar-refractivity contribution in [2.45, 2.75) is 150 Å². The number of halogens is 3. The topological polar surface area (TPSA) is 319 Å². The number of ether oxygens (including phenoxy) is 14. The second-order valence-corrected chi connectivity index (χ2v) is 22.6.